The molecule has 0 bridgehead atoms. The quantitative estimate of drug-likeness (QED) is 0.609. The van der Waals surface area contributed by atoms with Crippen molar-refractivity contribution in [3.8, 4) is 11.3 Å². The maximum Gasteiger partial charge on any atom is 0.224 e. The van der Waals surface area contributed by atoms with Crippen molar-refractivity contribution < 1.29 is 9.59 Å². The number of amides is 1. The summed E-state index contributed by atoms with van der Waals surface area (Å²) < 4.78 is 0. The van der Waals surface area contributed by atoms with Crippen LogP contribution >= 0.6 is 0 Å². The Morgan fingerprint density at radius 2 is 1.97 bits per heavy atom. The van der Waals surface area contributed by atoms with Crippen molar-refractivity contribution in [1.82, 2.24) is 9.97 Å². The first-order valence-electron chi connectivity index (χ1n) is 10.2. The van der Waals surface area contributed by atoms with Crippen LogP contribution in [-0.2, 0) is 11.2 Å². The molecular weight excluding hydrogens is 378 g/mol. The highest BCUT2D eigenvalue weighted by Crippen LogP contribution is 2.39. The van der Waals surface area contributed by atoms with Gasteiger partial charge in [-0.3, -0.25) is 9.59 Å². The highest BCUT2D eigenvalue weighted by molar-refractivity contribution is 6.07. The second-order valence-electron chi connectivity index (χ2n) is 7.90. The molecule has 152 valence electrons. The second kappa shape index (κ2) is 7.33. The highest BCUT2D eigenvalue weighted by Gasteiger charge is 2.32. The van der Waals surface area contributed by atoms with E-state index in [1.165, 1.54) is 0 Å². The molecule has 0 radical (unpaired) electrons. The predicted molar refractivity (Wildman–Crippen MR) is 116 cm³/mol. The Labute approximate surface area is 174 Å². The van der Waals surface area contributed by atoms with Crippen LogP contribution in [0, 0.1) is 5.92 Å². The van der Waals surface area contributed by atoms with Crippen molar-refractivity contribution in [3.05, 3.63) is 59.9 Å². The number of primary amides is 1. The molecule has 2 aliphatic rings. The minimum atomic E-state index is -0.271. The van der Waals surface area contributed by atoms with Gasteiger partial charge in [-0.25, -0.2) is 4.98 Å². The summed E-state index contributed by atoms with van der Waals surface area (Å²) >= 11 is 0. The summed E-state index contributed by atoms with van der Waals surface area (Å²) in [4.78, 5) is 34.1. The Kier molecular flexibility index (Phi) is 4.50. The first-order valence-corrected chi connectivity index (χ1v) is 10.2. The number of fused-ring (bicyclic) bond motifs is 1. The molecule has 7 heteroatoms. The average Bonchev–Trinajstić information content (AvgIpc) is 3.07. The van der Waals surface area contributed by atoms with E-state index >= 15 is 0 Å². The fourth-order valence-corrected chi connectivity index (χ4v) is 4.20. The molecule has 1 aliphatic heterocycles. The number of aryl methyl sites for hydroxylation is 1. The van der Waals surface area contributed by atoms with Crippen LogP contribution < -0.4 is 16.0 Å². The summed E-state index contributed by atoms with van der Waals surface area (Å²) in [5, 5.41) is 3.46. The molecule has 0 unspecified atom stereocenters. The van der Waals surface area contributed by atoms with Gasteiger partial charge >= 0.3 is 0 Å². The minimum Gasteiger partial charge on any atom is -0.369 e. The predicted octanol–water partition coefficient (Wildman–Crippen LogP) is 3.26. The Bertz CT molecular complexity index is 1120. The van der Waals surface area contributed by atoms with Crippen molar-refractivity contribution in [2.75, 3.05) is 23.3 Å². The topological polar surface area (TPSA) is 104 Å². The number of nitrogens with two attached hydrogens (primary N) is 1. The number of ketones is 1. The van der Waals surface area contributed by atoms with E-state index in [4.69, 9.17) is 5.73 Å². The number of rotatable bonds is 5. The van der Waals surface area contributed by atoms with Crippen molar-refractivity contribution in [3.63, 3.8) is 0 Å². The van der Waals surface area contributed by atoms with Crippen LogP contribution in [0.5, 0.6) is 0 Å². The lowest BCUT2D eigenvalue weighted by atomic mass is 9.95. The van der Waals surface area contributed by atoms with E-state index in [2.05, 4.69) is 15.3 Å². The Balaban J connectivity index is 1.54. The molecule has 0 atom stereocenters. The third-order valence-electron chi connectivity index (χ3n) is 5.87. The monoisotopic (exact) mass is 401 g/mol. The number of para-hydroxylation sites is 1. The lowest BCUT2D eigenvalue weighted by Gasteiger charge is -2.38. The third kappa shape index (κ3) is 3.22. The van der Waals surface area contributed by atoms with E-state index in [-0.39, 0.29) is 17.6 Å². The number of hydrogen-bond acceptors (Lipinski definition) is 5. The molecule has 0 saturated carbocycles. The van der Waals surface area contributed by atoms with Crippen LogP contribution in [0.4, 0.5) is 17.2 Å². The number of carbonyl (C=O) groups is 2. The SMILES string of the molecule is NC(=O)C1CN(c2cc(-c3[nH]c4c(c3Nc3ccccc3)C(=O)CCC4)ccn2)C1. The first kappa shape index (κ1) is 18.4. The zero-order valence-corrected chi connectivity index (χ0v) is 16.5. The summed E-state index contributed by atoms with van der Waals surface area (Å²) in [6, 6.07) is 13.8. The lowest BCUT2D eigenvalue weighted by Crippen LogP contribution is -2.52. The largest absolute Gasteiger partial charge is 0.369 e. The Hall–Kier alpha value is -3.61. The summed E-state index contributed by atoms with van der Waals surface area (Å²) in [6.07, 6.45) is 4.04. The van der Waals surface area contributed by atoms with Crippen LogP contribution in [-0.4, -0.2) is 34.7 Å². The summed E-state index contributed by atoms with van der Waals surface area (Å²) in [5.41, 5.74) is 10.7. The van der Waals surface area contributed by atoms with Gasteiger partial charge in [-0.1, -0.05) is 18.2 Å². The normalized spacial score (nSPS) is 16.1. The summed E-state index contributed by atoms with van der Waals surface area (Å²) in [6.45, 7) is 1.17. The fraction of sp³-hybridized carbons (Fsp3) is 0.261. The number of Topliss-reactive ketones (excluding diaryl/α,β-unsaturated/α-hetero) is 1. The van der Waals surface area contributed by atoms with E-state index < -0.39 is 0 Å². The number of nitrogens with zero attached hydrogens (tertiary/aromatic N) is 2. The van der Waals surface area contributed by atoms with Gasteiger partial charge in [0.25, 0.3) is 0 Å². The number of pyridine rings is 1. The number of aromatic nitrogens is 2. The van der Waals surface area contributed by atoms with Gasteiger partial charge < -0.3 is 20.9 Å². The molecule has 1 aliphatic carbocycles. The van der Waals surface area contributed by atoms with Gasteiger partial charge in [-0.2, -0.15) is 0 Å². The maximum atomic E-state index is 12.7. The fourth-order valence-electron chi connectivity index (χ4n) is 4.20. The van der Waals surface area contributed by atoms with Crippen LogP contribution in [0.2, 0.25) is 0 Å². The summed E-state index contributed by atoms with van der Waals surface area (Å²) in [5.74, 6) is 0.571. The van der Waals surface area contributed by atoms with E-state index in [1.807, 2.05) is 47.4 Å². The zero-order valence-electron chi connectivity index (χ0n) is 16.5. The smallest absolute Gasteiger partial charge is 0.224 e. The van der Waals surface area contributed by atoms with Crippen LogP contribution in [0.1, 0.15) is 28.9 Å². The number of H-pyrrole nitrogens is 1. The van der Waals surface area contributed by atoms with Gasteiger partial charge in [-0.05, 0) is 37.1 Å². The van der Waals surface area contributed by atoms with Crippen LogP contribution in [0.3, 0.4) is 0 Å². The number of carbonyl (C=O) groups excluding carboxylic acids is 2. The molecule has 7 nitrogen and oxygen atoms in total. The summed E-state index contributed by atoms with van der Waals surface area (Å²) in [7, 11) is 0. The van der Waals surface area contributed by atoms with Crippen molar-refractivity contribution in [2.45, 2.75) is 19.3 Å². The van der Waals surface area contributed by atoms with Crippen LogP contribution in [0.25, 0.3) is 11.3 Å². The Morgan fingerprint density at radius 1 is 1.17 bits per heavy atom. The van der Waals surface area contributed by atoms with Gasteiger partial charge in [0.2, 0.25) is 5.91 Å². The van der Waals surface area contributed by atoms with Crippen molar-refractivity contribution in [2.24, 2.45) is 11.7 Å². The van der Waals surface area contributed by atoms with Crippen molar-refractivity contribution in [1.29, 1.82) is 0 Å². The standard InChI is InChI=1S/C23H23N5O2/c24-23(30)15-12-28(13-15)19-11-14(9-10-25-19)21-22(26-16-5-2-1-3-6-16)20-17(27-21)7-4-8-18(20)29/h1-3,5-6,9-11,15,26-27H,4,7-8,12-13H2,(H2,24,30). The van der Waals surface area contributed by atoms with E-state index in [9.17, 15) is 9.59 Å². The van der Waals surface area contributed by atoms with Gasteiger partial charge in [0.05, 0.1) is 22.9 Å². The number of hydrogen-bond donors (Lipinski definition) is 3. The molecular formula is C23H23N5O2. The second-order valence-corrected chi connectivity index (χ2v) is 7.90. The number of aromatic amines is 1. The van der Waals surface area contributed by atoms with Crippen LogP contribution in [0.15, 0.2) is 48.7 Å². The minimum absolute atomic E-state index is 0.124. The zero-order chi connectivity index (χ0) is 20.7. The molecule has 1 amide bonds. The highest BCUT2D eigenvalue weighted by atomic mass is 16.1. The molecule has 1 aromatic carbocycles. The molecule has 2 aromatic heterocycles. The molecule has 1 saturated heterocycles. The molecule has 4 N–H and O–H groups in total. The molecule has 30 heavy (non-hydrogen) atoms. The van der Waals surface area contributed by atoms with E-state index in [0.29, 0.717) is 19.5 Å². The van der Waals surface area contributed by atoms with Gasteiger partial charge in [0, 0.05) is 42.7 Å². The molecule has 1 fully saturated rings. The number of anilines is 3. The third-order valence-corrected chi connectivity index (χ3v) is 5.87. The molecule has 5 rings (SSSR count). The number of benzene rings is 1. The first-order chi connectivity index (χ1) is 14.6. The van der Waals surface area contributed by atoms with E-state index in [1.54, 1.807) is 6.20 Å². The van der Waals surface area contributed by atoms with E-state index in [0.717, 1.165) is 52.5 Å². The maximum absolute atomic E-state index is 12.7. The van der Waals surface area contributed by atoms with Gasteiger partial charge in [0.1, 0.15) is 5.82 Å². The molecule has 0 spiro atoms. The molecule has 3 heterocycles. The van der Waals surface area contributed by atoms with Crippen molar-refractivity contribution >= 4 is 28.9 Å². The number of nitrogens with one attached hydrogen (secondary N) is 2. The lowest BCUT2D eigenvalue weighted by molar-refractivity contribution is -0.122. The average molecular weight is 401 g/mol. The van der Waals surface area contributed by atoms with Gasteiger partial charge in [-0.15, -0.1) is 0 Å². The molecule has 3 aromatic rings. The van der Waals surface area contributed by atoms with Gasteiger partial charge in [0.15, 0.2) is 5.78 Å². The Morgan fingerprint density at radius 3 is 2.73 bits per heavy atom.